The van der Waals surface area contributed by atoms with E-state index in [4.69, 9.17) is 28.9 Å². The lowest BCUT2D eigenvalue weighted by Gasteiger charge is -2.52. The molecule has 1 heterocycles. The maximum absolute atomic E-state index is 14.0. The van der Waals surface area contributed by atoms with E-state index >= 15 is 0 Å². The number of hydrogen-bond acceptors (Lipinski definition) is 3. The minimum Gasteiger partial charge on any atom is -0.409 e. The number of amidine groups is 1. The zero-order chi connectivity index (χ0) is 23.5. The van der Waals surface area contributed by atoms with Crippen LogP contribution in [0.15, 0.2) is 53.7 Å². The fourth-order valence-electron chi connectivity index (χ4n) is 5.06. The molecule has 0 radical (unpaired) electrons. The quantitative estimate of drug-likeness (QED) is 0.211. The van der Waals surface area contributed by atoms with Crippen LogP contribution in [0, 0.1) is 5.41 Å². The highest BCUT2D eigenvalue weighted by Crippen LogP contribution is 2.52. The minimum absolute atomic E-state index is 0.0235. The van der Waals surface area contributed by atoms with Gasteiger partial charge in [0.2, 0.25) is 5.91 Å². The van der Waals surface area contributed by atoms with E-state index in [-0.39, 0.29) is 36.2 Å². The summed E-state index contributed by atoms with van der Waals surface area (Å²) in [6.45, 7) is 6.12. The lowest BCUT2D eigenvalue weighted by molar-refractivity contribution is -0.154. The van der Waals surface area contributed by atoms with Gasteiger partial charge in [0.1, 0.15) is 5.84 Å². The monoisotopic (exact) mass is 475 g/mol. The zero-order valence-electron chi connectivity index (χ0n) is 18.8. The van der Waals surface area contributed by atoms with Crippen LogP contribution in [0.3, 0.4) is 0 Å². The van der Waals surface area contributed by atoms with Gasteiger partial charge in [-0.05, 0) is 54.7 Å². The van der Waals surface area contributed by atoms with Gasteiger partial charge in [-0.25, -0.2) is 0 Å². The highest BCUT2D eigenvalue weighted by molar-refractivity contribution is 6.30. The molecule has 2 aromatic carbocycles. The van der Waals surface area contributed by atoms with E-state index in [9.17, 15) is 10.0 Å². The first kappa shape index (κ1) is 24.4. The standard InChI is InChI=1S/C25H31Cl2N3O2/c1-4-20(5-2)30-23(16-9-11-18(26)12-10-16)21(17-7-6-8-19(27)13-17)14-25(3,24(30)31)15-22(28)29-32/h6-13,20-21,23,32H,4-5,14-15H2,1-3H3,(H2,28,29). The Hall–Kier alpha value is -2.24. The van der Waals surface area contributed by atoms with Crippen molar-refractivity contribution >= 4 is 34.9 Å². The number of benzene rings is 2. The van der Waals surface area contributed by atoms with Crippen molar-refractivity contribution in [1.29, 1.82) is 0 Å². The molecule has 0 spiro atoms. The van der Waals surface area contributed by atoms with E-state index in [0.29, 0.717) is 16.5 Å². The van der Waals surface area contributed by atoms with Crippen LogP contribution < -0.4 is 5.73 Å². The second-order valence-corrected chi connectivity index (χ2v) is 9.75. The molecule has 5 nitrogen and oxygen atoms in total. The molecule has 32 heavy (non-hydrogen) atoms. The first-order chi connectivity index (χ1) is 15.2. The number of carbonyl (C=O) groups excluding carboxylic acids is 1. The van der Waals surface area contributed by atoms with Crippen LogP contribution in [-0.4, -0.2) is 27.9 Å². The summed E-state index contributed by atoms with van der Waals surface area (Å²) in [5, 5.41) is 13.7. The molecule has 172 valence electrons. The van der Waals surface area contributed by atoms with Crippen LogP contribution in [0.25, 0.3) is 0 Å². The summed E-state index contributed by atoms with van der Waals surface area (Å²) in [4.78, 5) is 16.1. The summed E-state index contributed by atoms with van der Waals surface area (Å²) in [6, 6.07) is 15.4. The minimum atomic E-state index is -0.811. The van der Waals surface area contributed by atoms with Crippen LogP contribution in [0.2, 0.25) is 10.0 Å². The summed E-state index contributed by atoms with van der Waals surface area (Å²) in [6.07, 6.45) is 2.39. The van der Waals surface area contributed by atoms with Crippen molar-refractivity contribution in [2.45, 2.75) is 64.5 Å². The third kappa shape index (κ3) is 4.89. The number of amides is 1. The van der Waals surface area contributed by atoms with Gasteiger partial charge in [0.15, 0.2) is 0 Å². The Balaban J connectivity index is 2.22. The molecule has 0 aromatic heterocycles. The smallest absolute Gasteiger partial charge is 0.229 e. The fraction of sp³-hybridized carbons (Fsp3) is 0.440. The van der Waals surface area contributed by atoms with Crippen LogP contribution >= 0.6 is 23.2 Å². The molecule has 0 saturated carbocycles. The molecule has 1 saturated heterocycles. The summed E-state index contributed by atoms with van der Waals surface area (Å²) in [5.41, 5.74) is 7.19. The van der Waals surface area contributed by atoms with Crippen LogP contribution in [0.1, 0.15) is 69.5 Å². The number of rotatable bonds is 7. The van der Waals surface area contributed by atoms with Crippen molar-refractivity contribution in [2.24, 2.45) is 16.3 Å². The second kappa shape index (κ2) is 10.1. The lowest BCUT2D eigenvalue weighted by Crippen LogP contribution is -2.56. The number of oxime groups is 1. The summed E-state index contributed by atoms with van der Waals surface area (Å²) in [7, 11) is 0. The van der Waals surface area contributed by atoms with Crippen molar-refractivity contribution in [3.8, 4) is 0 Å². The molecule has 7 heteroatoms. The molecule has 1 amide bonds. The molecule has 1 aliphatic rings. The van der Waals surface area contributed by atoms with Gasteiger partial charge >= 0.3 is 0 Å². The van der Waals surface area contributed by atoms with Gasteiger partial charge in [-0.3, -0.25) is 4.79 Å². The van der Waals surface area contributed by atoms with Crippen molar-refractivity contribution < 1.29 is 10.0 Å². The highest BCUT2D eigenvalue weighted by atomic mass is 35.5. The Labute approximate surface area is 200 Å². The van der Waals surface area contributed by atoms with Crippen LogP contribution in [0.5, 0.6) is 0 Å². The molecule has 3 N–H and O–H groups in total. The number of piperidine rings is 1. The van der Waals surface area contributed by atoms with E-state index in [1.54, 1.807) is 0 Å². The topological polar surface area (TPSA) is 78.9 Å². The molecule has 3 rings (SSSR count). The fourth-order valence-corrected chi connectivity index (χ4v) is 5.39. The number of nitrogens with zero attached hydrogens (tertiary/aromatic N) is 2. The Kier molecular flexibility index (Phi) is 7.73. The SMILES string of the molecule is CCC(CC)N1C(=O)C(C)(CC(N)=NO)CC(c2cccc(Cl)c2)C1c1ccc(Cl)cc1. The maximum Gasteiger partial charge on any atom is 0.229 e. The van der Waals surface area contributed by atoms with Gasteiger partial charge in [-0.1, -0.05) is 73.4 Å². The second-order valence-electron chi connectivity index (χ2n) is 8.87. The summed E-state index contributed by atoms with van der Waals surface area (Å²) >= 11 is 12.5. The van der Waals surface area contributed by atoms with E-state index in [2.05, 4.69) is 25.1 Å². The molecule has 0 bridgehead atoms. The number of nitrogens with two attached hydrogens (primary N) is 1. The molecule has 2 aromatic rings. The van der Waals surface area contributed by atoms with Gasteiger partial charge in [0.25, 0.3) is 0 Å². The average molecular weight is 476 g/mol. The molecule has 1 aliphatic heterocycles. The summed E-state index contributed by atoms with van der Waals surface area (Å²) in [5.74, 6) is 0.0563. The number of carbonyl (C=O) groups is 1. The number of likely N-dealkylation sites (tertiary alicyclic amines) is 1. The van der Waals surface area contributed by atoms with Crippen LogP contribution in [0.4, 0.5) is 0 Å². The summed E-state index contributed by atoms with van der Waals surface area (Å²) < 4.78 is 0. The Bertz CT molecular complexity index is 975. The molecule has 3 unspecified atom stereocenters. The van der Waals surface area contributed by atoms with Crippen molar-refractivity contribution in [3.63, 3.8) is 0 Å². The predicted octanol–water partition coefficient (Wildman–Crippen LogP) is 6.38. The third-order valence-corrected chi connectivity index (χ3v) is 7.11. The van der Waals surface area contributed by atoms with E-state index < -0.39 is 5.41 Å². The third-order valence-electron chi connectivity index (χ3n) is 6.63. The average Bonchev–Trinajstić information content (AvgIpc) is 2.78. The van der Waals surface area contributed by atoms with Gasteiger partial charge < -0.3 is 15.8 Å². The molecular weight excluding hydrogens is 445 g/mol. The van der Waals surface area contributed by atoms with Gasteiger partial charge in [0, 0.05) is 28.4 Å². The van der Waals surface area contributed by atoms with Gasteiger partial charge in [-0.2, -0.15) is 0 Å². The van der Waals surface area contributed by atoms with Gasteiger partial charge in [0.05, 0.1) is 11.5 Å². The van der Waals surface area contributed by atoms with Crippen molar-refractivity contribution in [3.05, 3.63) is 69.7 Å². The predicted molar refractivity (Wildman–Crippen MR) is 130 cm³/mol. The van der Waals surface area contributed by atoms with E-state index in [0.717, 1.165) is 24.0 Å². The molecule has 3 atom stereocenters. The normalized spacial score (nSPS) is 24.2. The van der Waals surface area contributed by atoms with Crippen molar-refractivity contribution in [2.75, 3.05) is 0 Å². The van der Waals surface area contributed by atoms with E-state index in [1.807, 2.05) is 54.3 Å². The zero-order valence-corrected chi connectivity index (χ0v) is 20.3. The first-order valence-electron chi connectivity index (χ1n) is 11.0. The first-order valence-corrected chi connectivity index (χ1v) is 11.8. The molecular formula is C25H31Cl2N3O2. The van der Waals surface area contributed by atoms with Crippen LogP contribution in [-0.2, 0) is 4.79 Å². The Morgan fingerprint density at radius 2 is 1.81 bits per heavy atom. The molecule has 0 aliphatic carbocycles. The Morgan fingerprint density at radius 1 is 1.16 bits per heavy atom. The van der Waals surface area contributed by atoms with E-state index in [1.165, 1.54) is 0 Å². The maximum atomic E-state index is 14.0. The van der Waals surface area contributed by atoms with Gasteiger partial charge in [-0.15, -0.1) is 0 Å². The lowest BCUT2D eigenvalue weighted by atomic mass is 9.66. The largest absolute Gasteiger partial charge is 0.409 e. The number of halogens is 2. The highest BCUT2D eigenvalue weighted by Gasteiger charge is 2.51. The Morgan fingerprint density at radius 3 is 2.38 bits per heavy atom. The number of hydrogen-bond donors (Lipinski definition) is 2. The molecule has 1 fully saturated rings. The van der Waals surface area contributed by atoms with Crippen molar-refractivity contribution in [1.82, 2.24) is 4.90 Å².